The second-order valence-corrected chi connectivity index (χ2v) is 4.77. The van der Waals surface area contributed by atoms with Gasteiger partial charge in [0.25, 0.3) is 0 Å². The molecule has 4 nitrogen and oxygen atoms in total. The molecule has 0 amide bonds. The first kappa shape index (κ1) is 12.1. The summed E-state index contributed by atoms with van der Waals surface area (Å²) in [5.74, 6) is 0.983. The van der Waals surface area contributed by atoms with Gasteiger partial charge in [0.15, 0.2) is 0 Å². The molecular weight excluding hydrogens is 236 g/mol. The molecule has 1 N–H and O–H groups in total. The summed E-state index contributed by atoms with van der Waals surface area (Å²) in [6.45, 7) is 2.59. The first-order valence-corrected chi connectivity index (χ1v) is 6.49. The predicted molar refractivity (Wildman–Crippen MR) is 75.3 cm³/mol. The topological polar surface area (TPSA) is 41.1 Å². The fourth-order valence-corrected chi connectivity index (χ4v) is 2.38. The van der Waals surface area contributed by atoms with Gasteiger partial charge in [-0.3, -0.25) is 12.0 Å². The monoisotopic (exact) mass is 253 g/mol. The molecule has 0 aliphatic carbocycles. The van der Waals surface area contributed by atoms with Crippen molar-refractivity contribution in [3.05, 3.63) is 60.5 Å². The summed E-state index contributed by atoms with van der Waals surface area (Å²) in [6.07, 6.45) is 4.67. The first-order chi connectivity index (χ1) is 9.33. The number of rotatable bonds is 3. The van der Waals surface area contributed by atoms with Gasteiger partial charge in [-0.15, -0.1) is 0 Å². The van der Waals surface area contributed by atoms with E-state index < -0.39 is 0 Å². The van der Waals surface area contributed by atoms with Crippen molar-refractivity contribution < 1.29 is 0 Å². The molecule has 0 spiro atoms. The Labute approximate surface area is 113 Å². The van der Waals surface area contributed by atoms with E-state index >= 15 is 0 Å². The zero-order valence-electron chi connectivity index (χ0n) is 10.8. The number of nitrogens with one attached hydrogen (secondary N) is 1. The average Bonchev–Trinajstić information content (AvgIpc) is 2.45. The Kier molecular flexibility index (Phi) is 3.42. The van der Waals surface area contributed by atoms with Gasteiger partial charge in [-0.05, 0) is 43.3 Å². The van der Waals surface area contributed by atoms with Gasteiger partial charge >= 0.3 is 0 Å². The van der Waals surface area contributed by atoms with E-state index in [1.54, 1.807) is 0 Å². The number of pyridine rings is 2. The number of fused-ring (bicyclic) bond motifs is 1. The minimum absolute atomic E-state index is 0.707. The van der Waals surface area contributed by atoms with E-state index in [4.69, 9.17) is 0 Å². The zero-order chi connectivity index (χ0) is 13.1. The fraction of sp³-hybridized carbons (Fsp3) is 0.267. The van der Waals surface area contributed by atoms with Crippen molar-refractivity contribution in [1.82, 2.24) is 14.9 Å². The maximum atomic E-state index is 4.45. The molecule has 2 aromatic heterocycles. The number of anilines is 1. The Morgan fingerprint density at radius 3 is 3.00 bits per heavy atom. The Balaban J connectivity index is 1.77. The van der Waals surface area contributed by atoms with Crippen molar-refractivity contribution in [3.8, 4) is 0 Å². The summed E-state index contributed by atoms with van der Waals surface area (Å²) in [6, 6.07) is 8.02. The predicted octanol–water partition coefficient (Wildman–Crippen LogP) is 2.24. The Morgan fingerprint density at radius 1 is 1.21 bits per heavy atom. The second kappa shape index (κ2) is 5.36. The number of nitrogens with zero attached hydrogens (tertiary/aromatic N) is 3. The van der Waals surface area contributed by atoms with E-state index in [2.05, 4.69) is 33.3 Å². The van der Waals surface area contributed by atoms with Crippen LogP contribution in [0, 0.1) is 7.05 Å². The summed E-state index contributed by atoms with van der Waals surface area (Å²) in [4.78, 5) is 10.9. The number of aromatic nitrogens is 2. The van der Waals surface area contributed by atoms with Gasteiger partial charge in [0.2, 0.25) is 0 Å². The van der Waals surface area contributed by atoms with Crippen LogP contribution in [0.1, 0.15) is 16.8 Å². The van der Waals surface area contributed by atoms with Crippen LogP contribution in [0.2, 0.25) is 0 Å². The van der Waals surface area contributed by atoms with Crippen LogP contribution < -0.4 is 5.32 Å². The second-order valence-electron chi connectivity index (χ2n) is 4.77. The smallest absolute Gasteiger partial charge is 0.129 e. The van der Waals surface area contributed by atoms with Gasteiger partial charge in [0, 0.05) is 18.0 Å². The maximum Gasteiger partial charge on any atom is 0.129 e. The molecule has 0 fully saturated rings. The Morgan fingerprint density at radius 2 is 2.16 bits per heavy atom. The highest BCUT2D eigenvalue weighted by atomic mass is 15.1. The van der Waals surface area contributed by atoms with E-state index in [0.29, 0.717) is 6.54 Å². The van der Waals surface area contributed by atoms with Gasteiger partial charge in [-0.25, -0.2) is 4.98 Å². The van der Waals surface area contributed by atoms with E-state index in [9.17, 15) is 0 Å². The standard InChI is InChI=1S/C15H17N4/c1-19-9-6-14-12(11-19)5-8-17-15(14)18-10-13-4-2-3-7-16-13/h2-5,7-8H,1,6,9-11H2,(H,17,18)/q-1. The third-order valence-electron chi connectivity index (χ3n) is 3.39. The molecule has 4 heteroatoms. The SMILES string of the molecule is [CH2-]N1CCc2c(ccnc2NCc2ccccn2)C1. The lowest BCUT2D eigenvalue weighted by atomic mass is 10.0. The van der Waals surface area contributed by atoms with Crippen molar-refractivity contribution >= 4 is 5.82 Å². The third kappa shape index (κ3) is 2.74. The molecule has 3 rings (SSSR count). The molecule has 0 saturated carbocycles. The van der Waals surface area contributed by atoms with Gasteiger partial charge in [-0.1, -0.05) is 6.07 Å². The highest BCUT2D eigenvalue weighted by Crippen LogP contribution is 2.24. The van der Waals surface area contributed by atoms with Crippen LogP contribution in [0.4, 0.5) is 5.82 Å². The van der Waals surface area contributed by atoms with Crippen molar-refractivity contribution in [1.29, 1.82) is 0 Å². The quantitative estimate of drug-likeness (QED) is 0.852. The lowest BCUT2D eigenvalue weighted by molar-refractivity contribution is 0.347. The fourth-order valence-electron chi connectivity index (χ4n) is 2.38. The minimum Gasteiger partial charge on any atom is -0.455 e. The van der Waals surface area contributed by atoms with Crippen LogP contribution in [0.5, 0.6) is 0 Å². The summed E-state index contributed by atoms with van der Waals surface area (Å²) in [7, 11) is 4.00. The molecule has 98 valence electrons. The van der Waals surface area contributed by atoms with Gasteiger partial charge in [0.1, 0.15) is 5.82 Å². The summed E-state index contributed by atoms with van der Waals surface area (Å²) in [5.41, 5.74) is 3.66. The van der Waals surface area contributed by atoms with Crippen LogP contribution >= 0.6 is 0 Å². The van der Waals surface area contributed by atoms with E-state index in [1.807, 2.05) is 30.6 Å². The molecule has 0 bridgehead atoms. The third-order valence-corrected chi connectivity index (χ3v) is 3.39. The Hall–Kier alpha value is -1.94. The van der Waals surface area contributed by atoms with E-state index in [0.717, 1.165) is 31.0 Å². The molecule has 0 radical (unpaired) electrons. The molecule has 1 aliphatic heterocycles. The highest BCUT2D eigenvalue weighted by molar-refractivity contribution is 5.49. The van der Waals surface area contributed by atoms with E-state index in [-0.39, 0.29) is 0 Å². The van der Waals surface area contributed by atoms with Crippen molar-refractivity contribution in [2.45, 2.75) is 19.5 Å². The van der Waals surface area contributed by atoms with Crippen LogP contribution in [0.25, 0.3) is 0 Å². The van der Waals surface area contributed by atoms with Crippen LogP contribution in [0.3, 0.4) is 0 Å². The largest absolute Gasteiger partial charge is 0.455 e. The van der Waals surface area contributed by atoms with Gasteiger partial charge in [-0.2, -0.15) is 0 Å². The maximum absolute atomic E-state index is 4.45. The van der Waals surface area contributed by atoms with Crippen LogP contribution in [-0.2, 0) is 19.5 Å². The summed E-state index contributed by atoms with van der Waals surface area (Å²) < 4.78 is 0. The summed E-state index contributed by atoms with van der Waals surface area (Å²) >= 11 is 0. The number of hydrogen-bond acceptors (Lipinski definition) is 4. The molecule has 0 unspecified atom stereocenters. The van der Waals surface area contributed by atoms with E-state index in [1.165, 1.54) is 11.1 Å². The lowest BCUT2D eigenvalue weighted by Gasteiger charge is -2.32. The summed E-state index contributed by atoms with van der Waals surface area (Å²) in [5, 5.41) is 3.39. The van der Waals surface area contributed by atoms with Crippen molar-refractivity contribution in [2.24, 2.45) is 0 Å². The molecule has 0 atom stereocenters. The molecule has 0 aromatic carbocycles. The zero-order valence-corrected chi connectivity index (χ0v) is 10.8. The first-order valence-electron chi connectivity index (χ1n) is 6.49. The van der Waals surface area contributed by atoms with Crippen molar-refractivity contribution in [3.63, 3.8) is 0 Å². The molecule has 0 saturated heterocycles. The van der Waals surface area contributed by atoms with Gasteiger partial charge < -0.3 is 10.2 Å². The molecule has 1 aliphatic rings. The normalized spacial score (nSPS) is 15.0. The Bertz CT molecular complexity index is 553. The molecule has 2 aromatic rings. The molecule has 3 heterocycles. The van der Waals surface area contributed by atoms with Crippen LogP contribution in [0.15, 0.2) is 36.7 Å². The average molecular weight is 253 g/mol. The molecule has 19 heavy (non-hydrogen) atoms. The van der Waals surface area contributed by atoms with Gasteiger partial charge in [0.05, 0.1) is 12.2 Å². The lowest BCUT2D eigenvalue weighted by Crippen LogP contribution is -2.26. The number of hydrogen-bond donors (Lipinski definition) is 1. The minimum atomic E-state index is 0.707. The van der Waals surface area contributed by atoms with Crippen molar-refractivity contribution in [2.75, 3.05) is 11.9 Å². The highest BCUT2D eigenvalue weighted by Gasteiger charge is 2.14. The molecular formula is C15H17N4-. The van der Waals surface area contributed by atoms with Crippen LogP contribution in [-0.4, -0.2) is 21.4 Å².